The Morgan fingerprint density at radius 3 is 2.63 bits per heavy atom. The van der Waals surface area contributed by atoms with E-state index in [2.05, 4.69) is 34.3 Å². The van der Waals surface area contributed by atoms with E-state index in [-0.39, 0.29) is 41.6 Å². The average molecular weight is 591 g/mol. The van der Waals surface area contributed by atoms with Crippen molar-refractivity contribution in [2.75, 3.05) is 18.0 Å². The normalized spacial score (nSPS) is 22.9. The molecule has 0 bridgehead atoms. The molecule has 6 rings (SSSR count). The van der Waals surface area contributed by atoms with E-state index in [4.69, 9.17) is 0 Å². The fraction of sp³-hybridized carbons (Fsp3) is 0.438. The second-order valence-corrected chi connectivity index (χ2v) is 11.9. The van der Waals surface area contributed by atoms with Gasteiger partial charge < -0.3 is 19.7 Å². The molecule has 0 spiro atoms. The number of likely N-dealkylation sites (tertiary alicyclic amines) is 1. The Hall–Kier alpha value is -4.17. The third kappa shape index (κ3) is 5.07. The second kappa shape index (κ2) is 10.8. The van der Waals surface area contributed by atoms with Crippen LogP contribution in [-0.4, -0.2) is 50.6 Å². The van der Waals surface area contributed by atoms with Gasteiger partial charge in [-0.15, -0.1) is 10.2 Å². The van der Waals surface area contributed by atoms with Crippen LogP contribution in [0.3, 0.4) is 0 Å². The quantitative estimate of drug-likeness (QED) is 0.412. The molecule has 3 heterocycles. The molecular weight excluding hydrogens is 557 g/mol. The van der Waals surface area contributed by atoms with Crippen molar-refractivity contribution in [1.29, 1.82) is 0 Å². The van der Waals surface area contributed by atoms with Gasteiger partial charge in [-0.1, -0.05) is 25.0 Å². The van der Waals surface area contributed by atoms with E-state index in [0.717, 1.165) is 36.7 Å². The molecule has 3 aromatic rings. The average Bonchev–Trinajstić information content (AvgIpc) is 3.50. The summed E-state index contributed by atoms with van der Waals surface area (Å²) in [5, 5.41) is 11.6. The summed E-state index contributed by atoms with van der Waals surface area (Å²) >= 11 is 0. The summed E-state index contributed by atoms with van der Waals surface area (Å²) in [6.07, 6.45) is -0.426. The minimum atomic E-state index is -4.62. The number of amides is 2. The van der Waals surface area contributed by atoms with Gasteiger partial charge in [-0.25, -0.2) is 0 Å². The molecule has 1 aliphatic carbocycles. The van der Waals surface area contributed by atoms with E-state index in [1.54, 1.807) is 30.3 Å². The number of fused-ring (bicyclic) bond motifs is 1. The molecule has 2 aliphatic heterocycles. The number of hydrogen-bond acceptors (Lipinski definition) is 5. The Labute approximate surface area is 248 Å². The van der Waals surface area contributed by atoms with E-state index in [1.165, 1.54) is 4.90 Å². The van der Waals surface area contributed by atoms with Crippen LogP contribution < -0.4 is 10.2 Å². The summed E-state index contributed by atoms with van der Waals surface area (Å²) in [6, 6.07) is 10.2. The lowest BCUT2D eigenvalue weighted by molar-refractivity contribution is -0.138. The standard InChI is InChI=1S/C32H33F3N6O2/c1-4-6-28(42)40-10-9-24(40)17-36-16-21-11-25-26(27(12-21)32(33,34)35)18-41(29(25)43)23-8-5-7-22(13-23)31(14-20(2)15-31)30-38-37-19-39(30)3/h5,7-8,11-13,19-20,24,36H,9-10,14-18H2,1-3H3. The van der Waals surface area contributed by atoms with Crippen molar-refractivity contribution in [3.8, 4) is 11.8 Å². The minimum Gasteiger partial charge on any atom is -0.327 e. The lowest BCUT2D eigenvalue weighted by Gasteiger charge is -2.46. The van der Waals surface area contributed by atoms with E-state index >= 15 is 0 Å². The van der Waals surface area contributed by atoms with Crippen molar-refractivity contribution in [1.82, 2.24) is 25.0 Å². The molecule has 0 radical (unpaired) electrons. The fourth-order valence-corrected chi connectivity index (χ4v) is 6.88. The lowest BCUT2D eigenvalue weighted by Crippen LogP contribution is -2.54. The van der Waals surface area contributed by atoms with Crippen LogP contribution in [0, 0.1) is 17.8 Å². The Balaban J connectivity index is 1.25. The number of nitrogens with zero attached hydrogens (tertiary/aromatic N) is 5. The third-order valence-corrected chi connectivity index (χ3v) is 9.00. The number of benzene rings is 2. The van der Waals surface area contributed by atoms with E-state index in [9.17, 15) is 22.8 Å². The van der Waals surface area contributed by atoms with Crippen molar-refractivity contribution in [3.05, 3.63) is 76.4 Å². The number of anilines is 1. The maximum atomic E-state index is 14.3. The molecule has 1 atom stereocenters. The van der Waals surface area contributed by atoms with Crippen LogP contribution in [0.5, 0.6) is 0 Å². The molecule has 2 amide bonds. The highest BCUT2D eigenvalue weighted by Gasteiger charge is 2.48. The van der Waals surface area contributed by atoms with E-state index < -0.39 is 17.6 Å². The maximum absolute atomic E-state index is 14.3. The number of aromatic nitrogens is 3. The number of rotatable bonds is 7. The number of carbonyl (C=O) groups is 2. The highest BCUT2D eigenvalue weighted by Crippen LogP contribution is 2.52. The number of alkyl halides is 3. The number of carbonyl (C=O) groups excluding carboxylic acids is 2. The zero-order valence-corrected chi connectivity index (χ0v) is 24.3. The van der Waals surface area contributed by atoms with Crippen LogP contribution in [0.2, 0.25) is 0 Å². The summed E-state index contributed by atoms with van der Waals surface area (Å²) in [4.78, 5) is 28.8. The molecule has 1 N–H and O–H groups in total. The summed E-state index contributed by atoms with van der Waals surface area (Å²) in [6.45, 7) is 4.78. The Morgan fingerprint density at radius 2 is 2.00 bits per heavy atom. The maximum Gasteiger partial charge on any atom is 0.416 e. The van der Waals surface area contributed by atoms with Gasteiger partial charge >= 0.3 is 6.18 Å². The fourth-order valence-electron chi connectivity index (χ4n) is 6.88. The molecular formula is C32H33F3N6O2. The van der Waals surface area contributed by atoms with Gasteiger partial charge in [0.05, 0.1) is 17.5 Å². The van der Waals surface area contributed by atoms with Crippen LogP contribution in [0.15, 0.2) is 42.7 Å². The van der Waals surface area contributed by atoms with Gasteiger partial charge in [-0.05, 0) is 79.0 Å². The van der Waals surface area contributed by atoms with Gasteiger partial charge in [0.2, 0.25) is 0 Å². The summed E-state index contributed by atoms with van der Waals surface area (Å²) in [5.74, 6) is 5.74. The van der Waals surface area contributed by atoms with Crippen LogP contribution in [0.25, 0.3) is 0 Å². The van der Waals surface area contributed by atoms with Crippen LogP contribution >= 0.6 is 0 Å². The smallest absolute Gasteiger partial charge is 0.327 e. The molecule has 8 nitrogen and oxygen atoms in total. The van der Waals surface area contributed by atoms with Gasteiger partial charge in [0.25, 0.3) is 11.8 Å². The van der Waals surface area contributed by atoms with Gasteiger partial charge in [0, 0.05) is 44.0 Å². The van der Waals surface area contributed by atoms with Crippen molar-refractivity contribution in [3.63, 3.8) is 0 Å². The minimum absolute atomic E-state index is 0.0131. The van der Waals surface area contributed by atoms with Crippen LogP contribution in [0.1, 0.15) is 71.5 Å². The second-order valence-electron chi connectivity index (χ2n) is 11.9. The Bertz CT molecular complexity index is 1650. The predicted molar refractivity (Wildman–Crippen MR) is 154 cm³/mol. The van der Waals surface area contributed by atoms with Gasteiger partial charge in [0.1, 0.15) is 12.2 Å². The predicted octanol–water partition coefficient (Wildman–Crippen LogP) is 4.42. The zero-order chi connectivity index (χ0) is 30.5. The number of hydrogen-bond donors (Lipinski definition) is 1. The highest BCUT2D eigenvalue weighted by atomic mass is 19.4. The van der Waals surface area contributed by atoms with Crippen LogP contribution in [0.4, 0.5) is 18.9 Å². The molecule has 1 saturated carbocycles. The first-order valence-corrected chi connectivity index (χ1v) is 14.5. The molecule has 43 heavy (non-hydrogen) atoms. The van der Waals surface area contributed by atoms with Gasteiger partial charge in [-0.3, -0.25) is 9.59 Å². The number of halogens is 3. The van der Waals surface area contributed by atoms with Crippen LogP contribution in [-0.2, 0) is 36.5 Å². The molecule has 1 aromatic heterocycles. The van der Waals surface area contributed by atoms with Crippen molar-refractivity contribution >= 4 is 17.5 Å². The molecule has 11 heteroatoms. The summed E-state index contributed by atoms with van der Waals surface area (Å²) in [7, 11) is 1.90. The van der Waals surface area contributed by atoms with Crippen molar-refractivity contribution in [2.24, 2.45) is 13.0 Å². The first kappa shape index (κ1) is 28.9. The lowest BCUT2D eigenvalue weighted by atomic mass is 9.58. The van der Waals surface area contributed by atoms with Crippen molar-refractivity contribution in [2.45, 2.75) is 63.8 Å². The monoisotopic (exact) mass is 590 g/mol. The Morgan fingerprint density at radius 1 is 1.21 bits per heavy atom. The number of aryl methyl sites for hydroxylation is 1. The first-order chi connectivity index (χ1) is 20.5. The molecule has 2 fully saturated rings. The largest absolute Gasteiger partial charge is 0.416 e. The first-order valence-electron chi connectivity index (χ1n) is 14.5. The topological polar surface area (TPSA) is 83.4 Å². The number of nitrogens with one attached hydrogen (secondary N) is 1. The SMILES string of the molecule is CC#CC(=O)N1CCC1CNCc1cc2c(c(C(F)(F)F)c1)CN(c1cccc(C3(c4nncn4C)CC(C)C3)c1)C2=O. The third-order valence-electron chi connectivity index (χ3n) is 9.00. The molecule has 3 aliphatic rings. The Kier molecular flexibility index (Phi) is 7.29. The van der Waals surface area contributed by atoms with Gasteiger partial charge in [0.15, 0.2) is 0 Å². The summed E-state index contributed by atoms with van der Waals surface area (Å²) in [5.41, 5.74) is 0.781. The van der Waals surface area contributed by atoms with E-state index in [1.807, 2.05) is 29.8 Å². The molecule has 224 valence electrons. The molecule has 1 saturated heterocycles. The summed E-state index contributed by atoms with van der Waals surface area (Å²) < 4.78 is 44.8. The highest BCUT2D eigenvalue weighted by molar-refractivity contribution is 6.10. The van der Waals surface area contributed by atoms with Gasteiger partial charge in [-0.2, -0.15) is 13.2 Å². The van der Waals surface area contributed by atoms with E-state index in [0.29, 0.717) is 30.3 Å². The molecule has 1 unspecified atom stereocenters. The molecule has 2 aromatic carbocycles. The van der Waals surface area contributed by atoms with Crippen molar-refractivity contribution < 1.29 is 22.8 Å². The zero-order valence-electron chi connectivity index (χ0n) is 24.3.